The Kier molecular flexibility index (Phi) is 7.54. The van der Waals surface area contributed by atoms with Crippen molar-refractivity contribution >= 4 is 24.8 Å². The van der Waals surface area contributed by atoms with Gasteiger partial charge in [-0.3, -0.25) is 0 Å². The van der Waals surface area contributed by atoms with E-state index in [2.05, 4.69) is 31.4 Å². The van der Waals surface area contributed by atoms with Gasteiger partial charge in [0.15, 0.2) is 0 Å². The SMILES string of the molecule is CC(C)(C)NC1CCNC1.Cl.Cl. The molecule has 0 aromatic rings. The van der Waals surface area contributed by atoms with Gasteiger partial charge in [-0.2, -0.15) is 0 Å². The van der Waals surface area contributed by atoms with Crippen LogP contribution in [-0.4, -0.2) is 24.7 Å². The van der Waals surface area contributed by atoms with Crippen LogP contribution in [0.15, 0.2) is 0 Å². The van der Waals surface area contributed by atoms with Gasteiger partial charge in [0.25, 0.3) is 0 Å². The number of nitrogens with one attached hydrogen (secondary N) is 2. The third kappa shape index (κ3) is 6.06. The fourth-order valence-corrected chi connectivity index (χ4v) is 1.39. The molecule has 1 fully saturated rings. The highest BCUT2D eigenvalue weighted by molar-refractivity contribution is 5.85. The molecule has 0 spiro atoms. The minimum absolute atomic E-state index is 0. The average Bonchev–Trinajstić information content (AvgIpc) is 2.12. The summed E-state index contributed by atoms with van der Waals surface area (Å²) in [7, 11) is 0. The Bertz CT molecular complexity index is 106. The number of hydrogen-bond donors (Lipinski definition) is 2. The zero-order valence-corrected chi connectivity index (χ0v) is 9.65. The summed E-state index contributed by atoms with van der Waals surface area (Å²) in [5.41, 5.74) is 0.274. The molecule has 1 saturated heterocycles. The van der Waals surface area contributed by atoms with Crippen LogP contribution in [-0.2, 0) is 0 Å². The zero-order valence-electron chi connectivity index (χ0n) is 8.02. The van der Waals surface area contributed by atoms with Crippen LogP contribution in [0.3, 0.4) is 0 Å². The van der Waals surface area contributed by atoms with Crippen LogP contribution in [0.1, 0.15) is 27.2 Å². The number of halogens is 2. The van der Waals surface area contributed by atoms with Crippen molar-refractivity contribution in [3.63, 3.8) is 0 Å². The summed E-state index contributed by atoms with van der Waals surface area (Å²) < 4.78 is 0. The van der Waals surface area contributed by atoms with E-state index in [-0.39, 0.29) is 30.4 Å². The molecule has 1 heterocycles. The summed E-state index contributed by atoms with van der Waals surface area (Å²) in [6, 6.07) is 0.694. The van der Waals surface area contributed by atoms with Crippen LogP contribution in [0.2, 0.25) is 0 Å². The van der Waals surface area contributed by atoms with Crippen molar-refractivity contribution in [2.45, 2.75) is 38.8 Å². The van der Waals surface area contributed by atoms with Gasteiger partial charge >= 0.3 is 0 Å². The molecule has 1 unspecified atom stereocenters. The zero-order chi connectivity index (χ0) is 7.61. The lowest BCUT2D eigenvalue weighted by atomic mass is 10.1. The van der Waals surface area contributed by atoms with Crippen LogP contribution in [0.25, 0.3) is 0 Å². The van der Waals surface area contributed by atoms with Gasteiger partial charge in [-0.15, -0.1) is 24.8 Å². The van der Waals surface area contributed by atoms with E-state index in [1.54, 1.807) is 0 Å². The second kappa shape index (κ2) is 6.03. The lowest BCUT2D eigenvalue weighted by molar-refractivity contribution is 0.371. The van der Waals surface area contributed by atoms with Crippen molar-refractivity contribution in [2.75, 3.05) is 13.1 Å². The van der Waals surface area contributed by atoms with Gasteiger partial charge < -0.3 is 10.6 Å². The summed E-state index contributed by atoms with van der Waals surface area (Å²) in [5.74, 6) is 0. The minimum atomic E-state index is 0. The second-order valence-electron chi connectivity index (χ2n) is 4.08. The molecular formula is C8H20Cl2N2. The van der Waals surface area contributed by atoms with Crippen LogP contribution in [0.5, 0.6) is 0 Å². The fourth-order valence-electron chi connectivity index (χ4n) is 1.39. The van der Waals surface area contributed by atoms with E-state index in [0.717, 1.165) is 6.54 Å². The summed E-state index contributed by atoms with van der Waals surface area (Å²) in [5, 5.41) is 6.89. The van der Waals surface area contributed by atoms with E-state index in [0.29, 0.717) is 6.04 Å². The Morgan fingerprint density at radius 1 is 1.25 bits per heavy atom. The average molecular weight is 215 g/mol. The first kappa shape index (κ1) is 15.0. The second-order valence-corrected chi connectivity index (χ2v) is 4.08. The number of rotatable bonds is 1. The third-order valence-electron chi connectivity index (χ3n) is 1.70. The highest BCUT2D eigenvalue weighted by Crippen LogP contribution is 2.05. The quantitative estimate of drug-likeness (QED) is 0.694. The fraction of sp³-hybridized carbons (Fsp3) is 1.00. The van der Waals surface area contributed by atoms with Gasteiger partial charge in [0.2, 0.25) is 0 Å². The molecule has 2 N–H and O–H groups in total. The first-order valence-electron chi connectivity index (χ1n) is 4.06. The van der Waals surface area contributed by atoms with Gasteiger partial charge in [-0.1, -0.05) is 0 Å². The molecule has 0 saturated carbocycles. The summed E-state index contributed by atoms with van der Waals surface area (Å²) in [6.07, 6.45) is 1.28. The molecule has 4 heteroatoms. The van der Waals surface area contributed by atoms with Crippen molar-refractivity contribution in [2.24, 2.45) is 0 Å². The molecule has 12 heavy (non-hydrogen) atoms. The van der Waals surface area contributed by atoms with E-state index in [4.69, 9.17) is 0 Å². The molecule has 76 valence electrons. The highest BCUT2D eigenvalue weighted by atomic mass is 35.5. The molecule has 1 atom stereocenters. The Morgan fingerprint density at radius 3 is 2.17 bits per heavy atom. The van der Waals surface area contributed by atoms with E-state index in [1.165, 1.54) is 13.0 Å². The molecule has 0 aromatic heterocycles. The first-order chi connectivity index (χ1) is 4.58. The van der Waals surface area contributed by atoms with E-state index in [9.17, 15) is 0 Å². The predicted octanol–water partition coefficient (Wildman–Crippen LogP) is 1.58. The smallest absolute Gasteiger partial charge is 0.0209 e. The lowest BCUT2D eigenvalue weighted by Crippen LogP contribution is -2.44. The molecule has 0 aliphatic carbocycles. The predicted molar refractivity (Wildman–Crippen MR) is 58.7 cm³/mol. The van der Waals surface area contributed by atoms with Gasteiger partial charge in [-0.25, -0.2) is 0 Å². The summed E-state index contributed by atoms with van der Waals surface area (Å²) >= 11 is 0. The largest absolute Gasteiger partial charge is 0.315 e. The van der Waals surface area contributed by atoms with Crippen LogP contribution < -0.4 is 10.6 Å². The van der Waals surface area contributed by atoms with Crippen molar-refractivity contribution in [1.29, 1.82) is 0 Å². The van der Waals surface area contributed by atoms with Crippen LogP contribution >= 0.6 is 24.8 Å². The van der Waals surface area contributed by atoms with Crippen molar-refractivity contribution in [3.05, 3.63) is 0 Å². The van der Waals surface area contributed by atoms with Crippen molar-refractivity contribution in [3.8, 4) is 0 Å². The van der Waals surface area contributed by atoms with Crippen molar-refractivity contribution in [1.82, 2.24) is 10.6 Å². The van der Waals surface area contributed by atoms with Gasteiger partial charge in [0.05, 0.1) is 0 Å². The Hall–Kier alpha value is 0.500. The molecule has 1 aliphatic rings. The normalized spacial score (nSPS) is 22.8. The highest BCUT2D eigenvalue weighted by Gasteiger charge is 2.19. The maximum Gasteiger partial charge on any atom is 0.0209 e. The minimum Gasteiger partial charge on any atom is -0.315 e. The van der Waals surface area contributed by atoms with Gasteiger partial charge in [0.1, 0.15) is 0 Å². The molecule has 0 radical (unpaired) electrons. The molecule has 1 aliphatic heterocycles. The number of hydrogen-bond acceptors (Lipinski definition) is 2. The van der Waals surface area contributed by atoms with E-state index < -0.39 is 0 Å². The molecule has 0 aromatic carbocycles. The molecular weight excluding hydrogens is 195 g/mol. The summed E-state index contributed by atoms with van der Waals surface area (Å²) in [4.78, 5) is 0. The topological polar surface area (TPSA) is 24.1 Å². The maximum absolute atomic E-state index is 3.56. The lowest BCUT2D eigenvalue weighted by Gasteiger charge is -2.25. The molecule has 1 rings (SSSR count). The summed E-state index contributed by atoms with van der Waals surface area (Å²) in [6.45, 7) is 8.95. The Labute approximate surface area is 87.7 Å². The van der Waals surface area contributed by atoms with Crippen molar-refractivity contribution < 1.29 is 0 Å². The van der Waals surface area contributed by atoms with Gasteiger partial charge in [-0.05, 0) is 33.7 Å². The molecule has 0 bridgehead atoms. The van der Waals surface area contributed by atoms with Gasteiger partial charge in [0, 0.05) is 18.1 Å². The van der Waals surface area contributed by atoms with E-state index in [1.807, 2.05) is 0 Å². The third-order valence-corrected chi connectivity index (χ3v) is 1.70. The Morgan fingerprint density at radius 2 is 1.83 bits per heavy atom. The van der Waals surface area contributed by atoms with Crippen LogP contribution in [0, 0.1) is 0 Å². The van der Waals surface area contributed by atoms with E-state index >= 15 is 0 Å². The molecule has 0 amide bonds. The monoisotopic (exact) mass is 214 g/mol. The maximum atomic E-state index is 3.56. The first-order valence-corrected chi connectivity index (χ1v) is 4.06. The van der Waals surface area contributed by atoms with Crippen LogP contribution in [0.4, 0.5) is 0 Å². The Balaban J connectivity index is 0. The molecule has 2 nitrogen and oxygen atoms in total. The standard InChI is InChI=1S/C8H18N2.2ClH/c1-8(2,3)10-7-4-5-9-6-7;;/h7,9-10H,4-6H2,1-3H3;2*1H.